The molecule has 190 valence electrons. The Morgan fingerprint density at radius 3 is 2.50 bits per heavy atom. The number of carbonyl (C=O) groups is 2. The Morgan fingerprint density at radius 1 is 1.03 bits per heavy atom. The van der Waals surface area contributed by atoms with E-state index in [2.05, 4.69) is 40.8 Å². The first-order valence-corrected chi connectivity index (χ1v) is 13.1. The molecule has 6 nitrogen and oxygen atoms in total. The zero-order chi connectivity index (χ0) is 25.1. The van der Waals surface area contributed by atoms with Crippen molar-refractivity contribution in [3.63, 3.8) is 0 Å². The second kappa shape index (κ2) is 10.8. The Morgan fingerprint density at radius 2 is 1.78 bits per heavy atom. The number of rotatable bonds is 7. The molecule has 5 rings (SSSR count). The number of likely N-dealkylation sites (tertiary alicyclic amines) is 1. The molecule has 4 N–H and O–H groups in total. The van der Waals surface area contributed by atoms with Gasteiger partial charge in [0.05, 0.1) is 12.5 Å². The monoisotopic (exact) mass is 490 g/mol. The Labute approximate surface area is 211 Å². The van der Waals surface area contributed by atoms with Crippen molar-refractivity contribution in [1.29, 1.82) is 0 Å². The minimum absolute atomic E-state index is 0.00163. The first-order valence-electron chi connectivity index (χ1n) is 13.1. The van der Waals surface area contributed by atoms with Crippen LogP contribution in [0.1, 0.15) is 55.6 Å². The molecule has 1 atom stereocenters. The lowest BCUT2D eigenvalue weighted by Gasteiger charge is -2.38. The van der Waals surface area contributed by atoms with Crippen molar-refractivity contribution < 1.29 is 14.0 Å². The van der Waals surface area contributed by atoms with Crippen LogP contribution in [0, 0.1) is 11.7 Å². The van der Waals surface area contributed by atoms with E-state index in [9.17, 15) is 14.0 Å². The van der Waals surface area contributed by atoms with Crippen molar-refractivity contribution in [3.05, 3.63) is 71.7 Å². The lowest BCUT2D eigenvalue weighted by molar-refractivity contribution is -0.132. The van der Waals surface area contributed by atoms with Crippen LogP contribution in [0.4, 0.5) is 4.39 Å². The van der Waals surface area contributed by atoms with E-state index in [-0.39, 0.29) is 42.1 Å². The number of halogens is 1. The molecule has 0 radical (unpaired) electrons. The highest BCUT2D eigenvalue weighted by atomic mass is 19.1. The summed E-state index contributed by atoms with van der Waals surface area (Å²) in [7, 11) is 0. The fourth-order valence-electron chi connectivity index (χ4n) is 6.12. The smallest absolute Gasteiger partial charge is 0.234 e. The number of para-hydroxylation sites is 1. The predicted octanol–water partition coefficient (Wildman–Crippen LogP) is 4.26. The number of nitrogens with two attached hydrogens (primary N) is 1. The van der Waals surface area contributed by atoms with Gasteiger partial charge >= 0.3 is 0 Å². The Hall–Kier alpha value is -3.19. The molecule has 0 bridgehead atoms. The summed E-state index contributed by atoms with van der Waals surface area (Å²) in [5.41, 5.74) is 9.10. The van der Waals surface area contributed by atoms with Gasteiger partial charge in [-0.25, -0.2) is 4.39 Å². The van der Waals surface area contributed by atoms with Crippen LogP contribution in [0.25, 0.3) is 10.9 Å². The summed E-state index contributed by atoms with van der Waals surface area (Å²) in [6, 6.07) is 14.5. The third-order valence-electron chi connectivity index (χ3n) is 8.12. The maximum Gasteiger partial charge on any atom is 0.234 e. The van der Waals surface area contributed by atoms with E-state index in [1.54, 1.807) is 12.1 Å². The number of hydrogen-bond acceptors (Lipinski definition) is 3. The summed E-state index contributed by atoms with van der Waals surface area (Å²) in [5.74, 6) is 0.00650. The van der Waals surface area contributed by atoms with E-state index in [1.165, 1.54) is 28.6 Å². The molecule has 36 heavy (non-hydrogen) atoms. The largest absolute Gasteiger partial charge is 0.368 e. The van der Waals surface area contributed by atoms with Crippen molar-refractivity contribution in [3.8, 4) is 0 Å². The first kappa shape index (κ1) is 24.5. The highest BCUT2D eigenvalue weighted by Gasteiger charge is 2.34. The minimum Gasteiger partial charge on any atom is -0.368 e. The molecule has 2 heterocycles. The van der Waals surface area contributed by atoms with E-state index in [0.29, 0.717) is 24.6 Å². The number of aromatic nitrogens is 1. The van der Waals surface area contributed by atoms with Gasteiger partial charge in [0, 0.05) is 36.2 Å². The van der Waals surface area contributed by atoms with Crippen molar-refractivity contribution >= 4 is 22.7 Å². The van der Waals surface area contributed by atoms with E-state index < -0.39 is 0 Å². The van der Waals surface area contributed by atoms with Gasteiger partial charge in [-0.3, -0.25) is 9.59 Å². The molecule has 2 aliphatic rings. The number of primary amides is 1. The molecule has 3 aromatic rings. The van der Waals surface area contributed by atoms with Crippen LogP contribution < -0.4 is 11.1 Å². The maximum absolute atomic E-state index is 13.4. The molecule has 1 unspecified atom stereocenters. The molecule has 2 amide bonds. The van der Waals surface area contributed by atoms with E-state index in [1.807, 2.05) is 4.90 Å². The van der Waals surface area contributed by atoms with Gasteiger partial charge < -0.3 is 20.9 Å². The number of fused-ring (bicyclic) bond motifs is 1. The number of amides is 2. The standard InChI is InChI=1S/C29H35FN4O2/c30-22-5-3-4-19(16-22)17-27(35)34-14-12-21(13-15-34)28(29(31)36)33-23-10-8-20(9-11-23)25-18-32-26-7-2-1-6-24(25)26/h1-7,16,18,20-21,23,28,32-33H,8-15,17H2,(H2,31,36). The summed E-state index contributed by atoms with van der Waals surface area (Å²) in [6.07, 6.45) is 8.01. The normalized spacial score (nSPS) is 22.0. The van der Waals surface area contributed by atoms with E-state index >= 15 is 0 Å². The maximum atomic E-state index is 13.4. The summed E-state index contributed by atoms with van der Waals surface area (Å²) in [6.45, 7) is 1.19. The lowest BCUT2D eigenvalue weighted by Crippen LogP contribution is -2.54. The van der Waals surface area contributed by atoms with Crippen LogP contribution in [0.5, 0.6) is 0 Å². The van der Waals surface area contributed by atoms with Gasteiger partial charge in [-0.15, -0.1) is 0 Å². The number of benzene rings is 2. The van der Waals surface area contributed by atoms with Crippen molar-refractivity contribution in [2.45, 2.75) is 62.9 Å². The second-order valence-electron chi connectivity index (χ2n) is 10.4. The number of aromatic amines is 1. The molecule has 1 aromatic heterocycles. The average Bonchev–Trinajstić information content (AvgIpc) is 3.32. The van der Waals surface area contributed by atoms with E-state index in [0.717, 1.165) is 38.5 Å². The van der Waals surface area contributed by atoms with Gasteiger partial charge in [-0.05, 0) is 79.7 Å². The molecule has 2 aromatic carbocycles. The first-order chi connectivity index (χ1) is 17.5. The van der Waals surface area contributed by atoms with Crippen LogP contribution in [0.3, 0.4) is 0 Å². The third kappa shape index (κ3) is 5.46. The van der Waals surface area contributed by atoms with Gasteiger partial charge in [0.15, 0.2) is 0 Å². The van der Waals surface area contributed by atoms with Crippen LogP contribution in [0.2, 0.25) is 0 Å². The zero-order valence-corrected chi connectivity index (χ0v) is 20.6. The molecule has 1 aliphatic heterocycles. The Kier molecular flexibility index (Phi) is 7.37. The SMILES string of the molecule is NC(=O)C(NC1CCC(c2c[nH]c3ccccc23)CC1)C1CCN(C(=O)Cc2cccc(F)c2)CC1. The number of piperidine rings is 1. The predicted molar refractivity (Wildman–Crippen MR) is 139 cm³/mol. The number of carbonyl (C=O) groups excluding carboxylic acids is 2. The fourth-order valence-corrected chi connectivity index (χ4v) is 6.12. The second-order valence-corrected chi connectivity index (χ2v) is 10.4. The number of nitrogens with zero attached hydrogens (tertiary/aromatic N) is 1. The fraction of sp³-hybridized carbons (Fsp3) is 0.448. The van der Waals surface area contributed by atoms with Crippen LogP contribution in [-0.4, -0.2) is 46.9 Å². The van der Waals surface area contributed by atoms with Crippen molar-refractivity contribution in [1.82, 2.24) is 15.2 Å². The van der Waals surface area contributed by atoms with Crippen molar-refractivity contribution in [2.24, 2.45) is 11.7 Å². The van der Waals surface area contributed by atoms with Crippen LogP contribution >= 0.6 is 0 Å². The highest BCUT2D eigenvalue weighted by Crippen LogP contribution is 2.37. The average molecular weight is 491 g/mol. The minimum atomic E-state index is -0.375. The van der Waals surface area contributed by atoms with Crippen LogP contribution in [0.15, 0.2) is 54.7 Å². The lowest BCUT2D eigenvalue weighted by atomic mass is 9.80. The molecular weight excluding hydrogens is 455 g/mol. The van der Waals surface area contributed by atoms with Gasteiger partial charge in [0.1, 0.15) is 5.82 Å². The van der Waals surface area contributed by atoms with Gasteiger partial charge in [-0.1, -0.05) is 30.3 Å². The molecular formula is C29H35FN4O2. The van der Waals surface area contributed by atoms with Gasteiger partial charge in [0.2, 0.25) is 11.8 Å². The van der Waals surface area contributed by atoms with E-state index in [4.69, 9.17) is 5.73 Å². The molecule has 0 spiro atoms. The van der Waals surface area contributed by atoms with Gasteiger partial charge in [0.25, 0.3) is 0 Å². The molecule has 1 saturated carbocycles. The number of hydrogen-bond donors (Lipinski definition) is 3. The highest BCUT2D eigenvalue weighted by molar-refractivity contribution is 5.83. The summed E-state index contributed by atoms with van der Waals surface area (Å²) >= 11 is 0. The topological polar surface area (TPSA) is 91.2 Å². The molecule has 1 saturated heterocycles. The Balaban J connectivity index is 1.13. The number of nitrogens with one attached hydrogen (secondary N) is 2. The molecule has 7 heteroatoms. The quantitative estimate of drug-likeness (QED) is 0.462. The summed E-state index contributed by atoms with van der Waals surface area (Å²) in [4.78, 5) is 30.3. The Bertz CT molecular complexity index is 1210. The summed E-state index contributed by atoms with van der Waals surface area (Å²) < 4.78 is 13.4. The third-order valence-corrected chi connectivity index (χ3v) is 8.12. The molecule has 2 fully saturated rings. The summed E-state index contributed by atoms with van der Waals surface area (Å²) in [5, 5.41) is 4.90. The van der Waals surface area contributed by atoms with Crippen LogP contribution in [-0.2, 0) is 16.0 Å². The van der Waals surface area contributed by atoms with Gasteiger partial charge in [-0.2, -0.15) is 0 Å². The number of H-pyrrole nitrogens is 1. The van der Waals surface area contributed by atoms with Crippen molar-refractivity contribution in [2.75, 3.05) is 13.1 Å². The zero-order valence-electron chi connectivity index (χ0n) is 20.6. The molecule has 1 aliphatic carbocycles.